The fourth-order valence-electron chi connectivity index (χ4n) is 3.04. The second-order valence-electron chi connectivity index (χ2n) is 6.69. The van der Waals surface area contributed by atoms with Crippen molar-refractivity contribution in [2.45, 2.75) is 39.7 Å². The molecule has 0 fully saturated rings. The summed E-state index contributed by atoms with van der Waals surface area (Å²) in [5.41, 5.74) is 2.77. The Morgan fingerprint density at radius 3 is 2.89 bits per heavy atom. The van der Waals surface area contributed by atoms with Crippen LogP contribution in [0.5, 0.6) is 5.75 Å². The minimum Gasteiger partial charge on any atom is -0.483 e. The molecule has 0 saturated carbocycles. The third-order valence-corrected chi connectivity index (χ3v) is 4.57. The van der Waals surface area contributed by atoms with Gasteiger partial charge in [-0.2, -0.15) is 0 Å². The number of benzene rings is 1. The van der Waals surface area contributed by atoms with E-state index in [1.165, 1.54) is 0 Å². The zero-order valence-corrected chi connectivity index (χ0v) is 16.2. The molecule has 28 heavy (non-hydrogen) atoms. The third kappa shape index (κ3) is 4.76. The van der Waals surface area contributed by atoms with Gasteiger partial charge in [-0.3, -0.25) is 9.78 Å². The van der Waals surface area contributed by atoms with Gasteiger partial charge in [-0.15, -0.1) is 0 Å². The zero-order valence-electron chi connectivity index (χ0n) is 16.2. The Morgan fingerprint density at radius 1 is 1.29 bits per heavy atom. The smallest absolute Gasteiger partial charge is 0.336 e. The molecule has 0 unspecified atom stereocenters. The fourth-order valence-corrected chi connectivity index (χ4v) is 3.04. The minimum absolute atomic E-state index is 0.119. The zero-order chi connectivity index (χ0) is 19.9. The molecule has 0 saturated heterocycles. The number of ether oxygens (including phenoxy) is 1. The largest absolute Gasteiger partial charge is 0.483 e. The van der Waals surface area contributed by atoms with E-state index in [-0.39, 0.29) is 18.1 Å². The number of unbranched alkanes of at least 4 members (excludes halogenated alkanes) is 1. The molecule has 0 bridgehead atoms. The van der Waals surface area contributed by atoms with Gasteiger partial charge < -0.3 is 14.5 Å². The summed E-state index contributed by atoms with van der Waals surface area (Å²) in [5, 5.41) is 3.71. The molecular formula is C22H24N2O4. The molecule has 0 spiro atoms. The van der Waals surface area contributed by atoms with Gasteiger partial charge in [0.25, 0.3) is 5.91 Å². The molecule has 6 heteroatoms. The molecule has 2 heterocycles. The second-order valence-corrected chi connectivity index (χ2v) is 6.69. The molecule has 3 aromatic rings. The van der Waals surface area contributed by atoms with Crippen molar-refractivity contribution in [1.29, 1.82) is 0 Å². The van der Waals surface area contributed by atoms with E-state index in [4.69, 9.17) is 9.15 Å². The SMILES string of the molecule is CCCCc1cc(=O)oc2c(C)c(OCC(=O)NCc3cccnc3)ccc12. The summed E-state index contributed by atoms with van der Waals surface area (Å²) in [4.78, 5) is 28.0. The molecule has 2 aromatic heterocycles. The Labute approximate surface area is 163 Å². The van der Waals surface area contributed by atoms with E-state index < -0.39 is 0 Å². The highest BCUT2D eigenvalue weighted by atomic mass is 16.5. The van der Waals surface area contributed by atoms with Gasteiger partial charge >= 0.3 is 5.63 Å². The molecule has 0 aliphatic heterocycles. The maximum absolute atomic E-state index is 12.1. The van der Waals surface area contributed by atoms with Crippen molar-refractivity contribution in [2.24, 2.45) is 0 Å². The third-order valence-electron chi connectivity index (χ3n) is 4.57. The Morgan fingerprint density at radius 2 is 2.14 bits per heavy atom. The molecule has 146 valence electrons. The summed E-state index contributed by atoms with van der Waals surface area (Å²) >= 11 is 0. The van der Waals surface area contributed by atoms with Crippen LogP contribution in [0.15, 0.2) is 51.9 Å². The topological polar surface area (TPSA) is 81.4 Å². The number of nitrogens with one attached hydrogen (secondary N) is 1. The number of carbonyl (C=O) groups excluding carboxylic acids is 1. The predicted molar refractivity (Wildman–Crippen MR) is 107 cm³/mol. The van der Waals surface area contributed by atoms with E-state index >= 15 is 0 Å². The standard InChI is InChI=1S/C22H24N2O4/c1-3-4-7-17-11-21(26)28-22-15(2)19(9-8-18(17)22)27-14-20(25)24-13-16-6-5-10-23-12-16/h5-6,8-12H,3-4,7,13-14H2,1-2H3,(H,24,25). The van der Waals surface area contributed by atoms with Crippen molar-refractivity contribution < 1.29 is 13.9 Å². The van der Waals surface area contributed by atoms with E-state index in [1.54, 1.807) is 18.5 Å². The lowest BCUT2D eigenvalue weighted by Crippen LogP contribution is -2.28. The summed E-state index contributed by atoms with van der Waals surface area (Å²) in [6.45, 7) is 4.22. The molecule has 0 radical (unpaired) electrons. The van der Waals surface area contributed by atoms with Crippen molar-refractivity contribution >= 4 is 16.9 Å². The van der Waals surface area contributed by atoms with Crippen LogP contribution in [0.2, 0.25) is 0 Å². The first-order valence-corrected chi connectivity index (χ1v) is 9.43. The molecule has 6 nitrogen and oxygen atoms in total. The fraction of sp³-hybridized carbons (Fsp3) is 0.318. The monoisotopic (exact) mass is 380 g/mol. The number of nitrogens with zero attached hydrogens (tertiary/aromatic N) is 1. The van der Waals surface area contributed by atoms with Gasteiger partial charge in [0.1, 0.15) is 11.3 Å². The van der Waals surface area contributed by atoms with Crippen LogP contribution in [0.25, 0.3) is 11.0 Å². The van der Waals surface area contributed by atoms with E-state index in [0.29, 0.717) is 23.4 Å². The summed E-state index contributed by atoms with van der Waals surface area (Å²) in [7, 11) is 0. The van der Waals surface area contributed by atoms with Crippen LogP contribution < -0.4 is 15.7 Å². The predicted octanol–water partition coefficient (Wildman–Crippen LogP) is 3.53. The maximum Gasteiger partial charge on any atom is 0.336 e. The normalized spacial score (nSPS) is 10.8. The summed E-state index contributed by atoms with van der Waals surface area (Å²) in [5.74, 6) is 0.293. The van der Waals surface area contributed by atoms with E-state index in [2.05, 4.69) is 17.2 Å². The van der Waals surface area contributed by atoms with E-state index in [0.717, 1.165) is 35.8 Å². The summed E-state index contributed by atoms with van der Waals surface area (Å²) < 4.78 is 11.1. The highest BCUT2D eigenvalue weighted by Gasteiger charge is 2.13. The second kappa shape index (κ2) is 9.17. The van der Waals surface area contributed by atoms with Gasteiger partial charge in [-0.1, -0.05) is 19.4 Å². The average Bonchev–Trinajstić information content (AvgIpc) is 2.71. The van der Waals surface area contributed by atoms with Gasteiger partial charge in [0.05, 0.1) is 0 Å². The van der Waals surface area contributed by atoms with Crippen LogP contribution in [0.4, 0.5) is 0 Å². The number of pyridine rings is 1. The first-order chi connectivity index (χ1) is 13.6. The van der Waals surface area contributed by atoms with Gasteiger partial charge in [-0.05, 0) is 49.1 Å². The van der Waals surface area contributed by atoms with E-state index in [1.807, 2.05) is 31.2 Å². The number of amides is 1. The molecule has 0 aliphatic carbocycles. The van der Waals surface area contributed by atoms with Crippen LogP contribution >= 0.6 is 0 Å². The average molecular weight is 380 g/mol. The molecule has 1 aromatic carbocycles. The molecule has 1 N–H and O–H groups in total. The Bertz CT molecular complexity index is 1010. The lowest BCUT2D eigenvalue weighted by atomic mass is 10.0. The minimum atomic E-state index is -0.368. The van der Waals surface area contributed by atoms with E-state index in [9.17, 15) is 9.59 Å². The lowest BCUT2D eigenvalue weighted by Gasteiger charge is -2.12. The quantitative estimate of drug-likeness (QED) is 0.605. The van der Waals surface area contributed by atoms with Crippen molar-refractivity contribution in [1.82, 2.24) is 10.3 Å². The summed E-state index contributed by atoms with van der Waals surface area (Å²) in [6, 6.07) is 8.98. The van der Waals surface area contributed by atoms with Crippen molar-refractivity contribution in [3.8, 4) is 5.75 Å². The van der Waals surface area contributed by atoms with Gasteiger partial charge in [0, 0.05) is 36.0 Å². The first kappa shape index (κ1) is 19.6. The lowest BCUT2D eigenvalue weighted by molar-refractivity contribution is -0.123. The van der Waals surface area contributed by atoms with Gasteiger partial charge in [0.2, 0.25) is 0 Å². The molecule has 0 atom stereocenters. The highest BCUT2D eigenvalue weighted by Crippen LogP contribution is 2.29. The Hall–Kier alpha value is -3.15. The van der Waals surface area contributed by atoms with Crippen LogP contribution in [0.3, 0.4) is 0 Å². The van der Waals surface area contributed by atoms with Crippen molar-refractivity contribution in [3.63, 3.8) is 0 Å². The maximum atomic E-state index is 12.1. The number of aromatic nitrogens is 1. The number of rotatable bonds is 8. The molecule has 3 rings (SSSR count). The number of carbonyl (C=O) groups is 1. The van der Waals surface area contributed by atoms with Crippen LogP contribution in [0, 0.1) is 6.92 Å². The van der Waals surface area contributed by atoms with Gasteiger partial charge in [-0.25, -0.2) is 4.79 Å². The van der Waals surface area contributed by atoms with Crippen molar-refractivity contribution in [3.05, 3.63) is 69.8 Å². The highest BCUT2D eigenvalue weighted by molar-refractivity contribution is 5.85. The Balaban J connectivity index is 1.70. The number of hydrogen-bond donors (Lipinski definition) is 1. The Kier molecular flexibility index (Phi) is 6.42. The molecular weight excluding hydrogens is 356 g/mol. The number of aryl methyl sites for hydroxylation is 2. The van der Waals surface area contributed by atoms with Crippen LogP contribution in [0.1, 0.15) is 36.5 Å². The molecule has 0 aliphatic rings. The van der Waals surface area contributed by atoms with Gasteiger partial charge in [0.15, 0.2) is 6.61 Å². The van der Waals surface area contributed by atoms with Crippen molar-refractivity contribution in [2.75, 3.05) is 6.61 Å². The summed E-state index contributed by atoms with van der Waals surface area (Å²) in [6.07, 6.45) is 6.27. The first-order valence-electron chi connectivity index (χ1n) is 9.43. The number of fused-ring (bicyclic) bond motifs is 1. The molecule has 1 amide bonds. The van der Waals surface area contributed by atoms with Crippen LogP contribution in [-0.2, 0) is 17.8 Å². The number of hydrogen-bond acceptors (Lipinski definition) is 5. The van der Waals surface area contributed by atoms with Crippen LogP contribution in [-0.4, -0.2) is 17.5 Å².